The molecule has 0 radical (unpaired) electrons. The molecule has 1 aliphatic rings. The minimum Gasteiger partial charge on any atom is -0.303 e. The van der Waals surface area contributed by atoms with Crippen LogP contribution < -0.4 is 0 Å². The highest BCUT2D eigenvalue weighted by Crippen LogP contribution is 2.18. The molecule has 0 atom stereocenters. The van der Waals surface area contributed by atoms with E-state index in [-0.39, 0.29) is 0 Å². The van der Waals surface area contributed by atoms with Crippen molar-refractivity contribution in [3.63, 3.8) is 0 Å². The Morgan fingerprint density at radius 3 is 2.79 bits per heavy atom. The van der Waals surface area contributed by atoms with Gasteiger partial charge < -0.3 is 4.57 Å². The molecule has 1 aromatic heterocycles. The molecule has 0 saturated heterocycles. The van der Waals surface area contributed by atoms with Crippen LogP contribution in [-0.2, 0) is 12.8 Å². The van der Waals surface area contributed by atoms with Gasteiger partial charge in [0.15, 0.2) is 0 Å². The number of aryl methyl sites for hydroxylation is 1. The van der Waals surface area contributed by atoms with Gasteiger partial charge in [-0.15, -0.1) is 0 Å². The molecule has 2 aromatic rings. The first-order chi connectivity index (χ1) is 11.8. The first-order valence-corrected chi connectivity index (χ1v) is 8.90. The van der Waals surface area contributed by atoms with Gasteiger partial charge in [-0.3, -0.25) is 0 Å². The highest BCUT2D eigenvalue weighted by molar-refractivity contribution is 5.39. The molecule has 0 unspecified atom stereocenters. The van der Waals surface area contributed by atoms with Crippen LogP contribution in [0.1, 0.15) is 45.5 Å². The SMILES string of the molecule is CC.CCc1cccc(-n2ccnc2CC2=CC=C(C)CC=C2)c1. The lowest BCUT2D eigenvalue weighted by atomic mass is 10.1. The Morgan fingerprint density at radius 1 is 1.17 bits per heavy atom. The molecule has 2 heteroatoms. The Labute approximate surface area is 146 Å². The third kappa shape index (κ3) is 4.58. The van der Waals surface area contributed by atoms with Crippen LogP contribution in [0.5, 0.6) is 0 Å². The third-order valence-electron chi connectivity index (χ3n) is 4.03. The summed E-state index contributed by atoms with van der Waals surface area (Å²) in [6.45, 7) is 8.35. The van der Waals surface area contributed by atoms with Crippen LogP contribution in [0.4, 0.5) is 0 Å². The van der Waals surface area contributed by atoms with Crippen molar-refractivity contribution in [1.82, 2.24) is 9.55 Å². The summed E-state index contributed by atoms with van der Waals surface area (Å²) in [5.74, 6) is 1.08. The summed E-state index contributed by atoms with van der Waals surface area (Å²) in [7, 11) is 0. The van der Waals surface area contributed by atoms with Gasteiger partial charge in [0, 0.05) is 24.5 Å². The molecule has 0 saturated carbocycles. The lowest BCUT2D eigenvalue weighted by molar-refractivity contribution is 0.910. The second-order valence-corrected chi connectivity index (χ2v) is 5.77. The van der Waals surface area contributed by atoms with Crippen LogP contribution in [0.25, 0.3) is 5.69 Å². The smallest absolute Gasteiger partial charge is 0.117 e. The van der Waals surface area contributed by atoms with Crippen LogP contribution in [0, 0.1) is 0 Å². The number of hydrogen-bond donors (Lipinski definition) is 0. The molecule has 0 amide bonds. The highest BCUT2D eigenvalue weighted by Gasteiger charge is 2.07. The van der Waals surface area contributed by atoms with Crippen LogP contribution in [0.3, 0.4) is 0 Å². The van der Waals surface area contributed by atoms with Crippen molar-refractivity contribution in [2.24, 2.45) is 0 Å². The number of aromatic nitrogens is 2. The Balaban J connectivity index is 0.00000100. The summed E-state index contributed by atoms with van der Waals surface area (Å²) in [6, 6.07) is 8.68. The van der Waals surface area contributed by atoms with E-state index in [1.165, 1.54) is 22.4 Å². The van der Waals surface area contributed by atoms with Crippen molar-refractivity contribution in [3.05, 3.63) is 83.5 Å². The van der Waals surface area contributed by atoms with Crippen molar-refractivity contribution in [1.29, 1.82) is 0 Å². The second kappa shape index (κ2) is 9.07. The topological polar surface area (TPSA) is 17.8 Å². The summed E-state index contributed by atoms with van der Waals surface area (Å²) in [5.41, 5.74) is 5.24. The van der Waals surface area contributed by atoms with E-state index in [0.717, 1.165) is 25.1 Å². The quantitative estimate of drug-likeness (QED) is 0.692. The molecular weight excluding hydrogens is 292 g/mol. The van der Waals surface area contributed by atoms with Crippen LogP contribution >= 0.6 is 0 Å². The van der Waals surface area contributed by atoms with Gasteiger partial charge in [0.1, 0.15) is 5.82 Å². The van der Waals surface area contributed by atoms with E-state index in [1.54, 1.807) is 0 Å². The Morgan fingerprint density at radius 2 is 2.00 bits per heavy atom. The Kier molecular flexibility index (Phi) is 6.80. The van der Waals surface area contributed by atoms with Crippen molar-refractivity contribution >= 4 is 0 Å². The van der Waals surface area contributed by atoms with Gasteiger partial charge in [0.25, 0.3) is 0 Å². The molecule has 1 heterocycles. The number of rotatable bonds is 4. The molecule has 24 heavy (non-hydrogen) atoms. The number of hydrogen-bond acceptors (Lipinski definition) is 1. The molecule has 0 N–H and O–H groups in total. The first-order valence-electron chi connectivity index (χ1n) is 8.90. The maximum Gasteiger partial charge on any atom is 0.117 e. The Hall–Kier alpha value is -2.35. The molecule has 2 nitrogen and oxygen atoms in total. The predicted molar refractivity (Wildman–Crippen MR) is 104 cm³/mol. The average Bonchev–Trinajstić information content (AvgIpc) is 2.99. The molecular formula is C22H28N2. The van der Waals surface area contributed by atoms with Gasteiger partial charge in [-0.05, 0) is 43.0 Å². The number of nitrogens with zero attached hydrogens (tertiary/aromatic N) is 2. The number of imidazole rings is 1. The van der Waals surface area contributed by atoms with Gasteiger partial charge in [-0.1, -0.05) is 62.8 Å². The fourth-order valence-electron chi connectivity index (χ4n) is 2.70. The van der Waals surface area contributed by atoms with E-state index in [9.17, 15) is 0 Å². The summed E-state index contributed by atoms with van der Waals surface area (Å²) < 4.78 is 2.19. The molecule has 1 aliphatic carbocycles. The Bertz CT molecular complexity index is 745. The molecule has 1 aromatic carbocycles. The van der Waals surface area contributed by atoms with Crippen LogP contribution in [0.15, 0.2) is 72.1 Å². The molecule has 0 fully saturated rings. The monoisotopic (exact) mass is 320 g/mol. The third-order valence-corrected chi connectivity index (χ3v) is 4.03. The fourth-order valence-corrected chi connectivity index (χ4v) is 2.70. The van der Waals surface area contributed by atoms with E-state index in [1.807, 2.05) is 26.2 Å². The zero-order valence-corrected chi connectivity index (χ0v) is 15.3. The zero-order chi connectivity index (χ0) is 17.4. The van der Waals surface area contributed by atoms with Crippen molar-refractivity contribution in [2.45, 2.75) is 47.0 Å². The molecule has 0 bridgehead atoms. The van der Waals surface area contributed by atoms with E-state index < -0.39 is 0 Å². The number of benzene rings is 1. The van der Waals surface area contributed by atoms with Crippen molar-refractivity contribution in [2.75, 3.05) is 0 Å². The molecule has 3 rings (SSSR count). The normalized spacial score (nSPS) is 13.5. The molecule has 126 valence electrons. The maximum atomic E-state index is 4.56. The largest absolute Gasteiger partial charge is 0.303 e. The van der Waals surface area contributed by atoms with E-state index >= 15 is 0 Å². The minimum atomic E-state index is 0.851. The lowest BCUT2D eigenvalue weighted by Gasteiger charge is -2.09. The van der Waals surface area contributed by atoms with Crippen LogP contribution in [0.2, 0.25) is 0 Å². The standard InChI is InChI=1S/C20H22N2.C2H6/c1-3-17-7-5-9-19(14-17)22-13-12-21-20(22)15-18-8-4-6-16(2)10-11-18;1-2/h4-5,7-14H,3,6,15H2,1-2H3;1-2H3. The van der Waals surface area contributed by atoms with Crippen LogP contribution in [-0.4, -0.2) is 9.55 Å². The van der Waals surface area contributed by atoms with E-state index in [2.05, 4.69) is 72.0 Å². The first kappa shape index (κ1) is 18.0. The fraction of sp³-hybridized carbons (Fsp3) is 0.318. The highest BCUT2D eigenvalue weighted by atomic mass is 15.1. The molecule has 0 spiro atoms. The maximum absolute atomic E-state index is 4.56. The average molecular weight is 320 g/mol. The van der Waals surface area contributed by atoms with Gasteiger partial charge in [0.2, 0.25) is 0 Å². The summed E-state index contributed by atoms with van der Waals surface area (Å²) in [6.07, 6.45) is 15.7. The van der Waals surface area contributed by atoms with Gasteiger partial charge in [-0.2, -0.15) is 0 Å². The van der Waals surface area contributed by atoms with Gasteiger partial charge >= 0.3 is 0 Å². The van der Waals surface area contributed by atoms with Crippen molar-refractivity contribution < 1.29 is 0 Å². The number of allylic oxidation sites excluding steroid dienone is 6. The summed E-state index contributed by atoms with van der Waals surface area (Å²) in [4.78, 5) is 4.56. The van der Waals surface area contributed by atoms with E-state index in [0.29, 0.717) is 0 Å². The summed E-state index contributed by atoms with van der Waals surface area (Å²) >= 11 is 0. The summed E-state index contributed by atoms with van der Waals surface area (Å²) in [5, 5.41) is 0. The lowest BCUT2D eigenvalue weighted by Crippen LogP contribution is -2.02. The van der Waals surface area contributed by atoms with Gasteiger partial charge in [0.05, 0.1) is 0 Å². The zero-order valence-electron chi connectivity index (χ0n) is 15.3. The predicted octanol–water partition coefficient (Wildman–Crippen LogP) is 5.84. The molecule has 0 aliphatic heterocycles. The van der Waals surface area contributed by atoms with Gasteiger partial charge in [-0.25, -0.2) is 4.98 Å². The van der Waals surface area contributed by atoms with E-state index in [4.69, 9.17) is 0 Å². The minimum absolute atomic E-state index is 0.851. The van der Waals surface area contributed by atoms with Crippen molar-refractivity contribution in [3.8, 4) is 5.69 Å². The second-order valence-electron chi connectivity index (χ2n) is 5.77.